The summed E-state index contributed by atoms with van der Waals surface area (Å²) in [5.41, 5.74) is -0.553. The number of amides is 1. The van der Waals surface area contributed by atoms with E-state index in [1.165, 1.54) is 26.3 Å². The molecule has 0 atom stereocenters. The van der Waals surface area contributed by atoms with Gasteiger partial charge in [-0.15, -0.1) is 0 Å². The molecule has 1 N–H and O–H groups in total. The van der Waals surface area contributed by atoms with Gasteiger partial charge in [-0.2, -0.15) is 0 Å². The second-order valence-electron chi connectivity index (χ2n) is 4.82. The molecule has 0 saturated heterocycles. The SMILES string of the molecule is CON(C)S(=O)(=O)c1ccc(C(=O)Nc2cc(F)c(F)cc2F)cc1. The number of anilines is 1. The highest BCUT2D eigenvalue weighted by Gasteiger charge is 2.21. The summed E-state index contributed by atoms with van der Waals surface area (Å²) in [6.07, 6.45) is 0. The molecule has 10 heteroatoms. The van der Waals surface area contributed by atoms with Gasteiger partial charge >= 0.3 is 0 Å². The standard InChI is InChI=1S/C15H13F3N2O4S/c1-20(24-2)25(22,23)10-5-3-9(4-6-10)15(21)19-14-8-12(17)11(16)7-13(14)18/h3-8H,1-2H3,(H,19,21). The van der Waals surface area contributed by atoms with Gasteiger partial charge in [0.25, 0.3) is 15.9 Å². The van der Waals surface area contributed by atoms with Crippen LogP contribution in [0.2, 0.25) is 0 Å². The van der Waals surface area contributed by atoms with E-state index in [-0.39, 0.29) is 10.5 Å². The Morgan fingerprint density at radius 3 is 2.16 bits per heavy atom. The minimum atomic E-state index is -3.88. The minimum Gasteiger partial charge on any atom is -0.319 e. The summed E-state index contributed by atoms with van der Waals surface area (Å²) in [6, 6.07) is 5.49. The van der Waals surface area contributed by atoms with E-state index in [1.807, 2.05) is 0 Å². The molecule has 6 nitrogen and oxygen atoms in total. The molecule has 25 heavy (non-hydrogen) atoms. The van der Waals surface area contributed by atoms with Gasteiger partial charge in [-0.05, 0) is 24.3 Å². The highest BCUT2D eigenvalue weighted by molar-refractivity contribution is 7.89. The summed E-state index contributed by atoms with van der Waals surface area (Å²) in [7, 11) is -1.51. The number of nitrogens with one attached hydrogen (secondary N) is 1. The Hall–Kier alpha value is -2.43. The van der Waals surface area contributed by atoms with Gasteiger partial charge < -0.3 is 5.32 Å². The van der Waals surface area contributed by atoms with Crippen LogP contribution in [0.15, 0.2) is 41.3 Å². The Labute approximate surface area is 141 Å². The maximum absolute atomic E-state index is 13.5. The lowest BCUT2D eigenvalue weighted by molar-refractivity contribution is -0.0258. The number of benzene rings is 2. The molecule has 2 aromatic carbocycles. The average molecular weight is 374 g/mol. The van der Waals surface area contributed by atoms with Gasteiger partial charge in [0.05, 0.1) is 17.7 Å². The van der Waals surface area contributed by atoms with Crippen molar-refractivity contribution in [3.05, 3.63) is 59.4 Å². The Morgan fingerprint density at radius 1 is 1.04 bits per heavy atom. The van der Waals surface area contributed by atoms with Crippen LogP contribution >= 0.6 is 0 Å². The summed E-state index contributed by atoms with van der Waals surface area (Å²) in [4.78, 5) is 16.5. The van der Waals surface area contributed by atoms with Crippen LogP contribution in [-0.2, 0) is 14.9 Å². The lowest BCUT2D eigenvalue weighted by atomic mass is 10.2. The number of nitrogens with zero attached hydrogens (tertiary/aromatic N) is 1. The predicted octanol–water partition coefficient (Wildman–Crippen LogP) is 2.54. The second kappa shape index (κ2) is 7.21. The summed E-state index contributed by atoms with van der Waals surface area (Å²) in [6.45, 7) is 0. The van der Waals surface area contributed by atoms with E-state index in [0.717, 1.165) is 12.1 Å². The normalized spacial score (nSPS) is 11.6. The van der Waals surface area contributed by atoms with Crippen LogP contribution in [-0.4, -0.2) is 33.0 Å². The van der Waals surface area contributed by atoms with E-state index in [1.54, 1.807) is 0 Å². The third-order valence-corrected chi connectivity index (χ3v) is 4.96. The van der Waals surface area contributed by atoms with Gasteiger partial charge in [0, 0.05) is 24.7 Å². The van der Waals surface area contributed by atoms with Gasteiger partial charge in [0.1, 0.15) is 5.82 Å². The molecule has 1 amide bonds. The van der Waals surface area contributed by atoms with E-state index in [4.69, 9.17) is 0 Å². The number of halogens is 3. The largest absolute Gasteiger partial charge is 0.319 e. The molecule has 2 aromatic rings. The van der Waals surface area contributed by atoms with E-state index >= 15 is 0 Å². The van der Waals surface area contributed by atoms with Crippen LogP contribution < -0.4 is 5.32 Å². The van der Waals surface area contributed by atoms with Crippen molar-refractivity contribution >= 4 is 21.6 Å². The monoisotopic (exact) mass is 374 g/mol. The molecule has 0 aliphatic carbocycles. The van der Waals surface area contributed by atoms with Crippen molar-refractivity contribution in [2.75, 3.05) is 19.5 Å². The molecule has 0 aliphatic rings. The van der Waals surface area contributed by atoms with Crippen LogP contribution in [0.1, 0.15) is 10.4 Å². The van der Waals surface area contributed by atoms with E-state index in [9.17, 15) is 26.4 Å². The summed E-state index contributed by atoms with van der Waals surface area (Å²) in [5.74, 6) is -4.67. The molecule has 134 valence electrons. The van der Waals surface area contributed by atoms with Crippen LogP contribution in [0.5, 0.6) is 0 Å². The molecule has 0 spiro atoms. The smallest absolute Gasteiger partial charge is 0.264 e. The van der Waals surface area contributed by atoms with Crippen molar-refractivity contribution in [3.8, 4) is 0 Å². The van der Waals surface area contributed by atoms with Gasteiger partial charge in [0.2, 0.25) is 0 Å². The number of sulfonamides is 1. The Balaban J connectivity index is 2.23. The van der Waals surface area contributed by atoms with E-state index < -0.39 is 39.1 Å². The maximum Gasteiger partial charge on any atom is 0.264 e. The molecule has 2 rings (SSSR count). The van der Waals surface area contributed by atoms with Crippen molar-refractivity contribution in [2.45, 2.75) is 4.90 Å². The summed E-state index contributed by atoms with van der Waals surface area (Å²) >= 11 is 0. The maximum atomic E-state index is 13.5. The fraction of sp³-hybridized carbons (Fsp3) is 0.133. The molecule has 0 aromatic heterocycles. The van der Waals surface area contributed by atoms with Crippen LogP contribution in [0.3, 0.4) is 0 Å². The topological polar surface area (TPSA) is 75.7 Å². The zero-order valence-corrected chi connectivity index (χ0v) is 13.9. The number of carbonyl (C=O) groups is 1. The number of carbonyl (C=O) groups excluding carboxylic acids is 1. The first-order valence-corrected chi connectivity index (χ1v) is 8.20. The molecular weight excluding hydrogens is 361 g/mol. The third-order valence-electron chi connectivity index (χ3n) is 3.27. The summed E-state index contributed by atoms with van der Waals surface area (Å²) < 4.78 is 64.2. The molecule has 0 bridgehead atoms. The highest BCUT2D eigenvalue weighted by atomic mass is 32.2. The number of hydroxylamine groups is 1. The molecule has 0 radical (unpaired) electrons. The first-order chi connectivity index (χ1) is 11.7. The zero-order chi connectivity index (χ0) is 18.8. The Morgan fingerprint density at radius 2 is 1.60 bits per heavy atom. The van der Waals surface area contributed by atoms with Crippen LogP contribution in [0.4, 0.5) is 18.9 Å². The third kappa shape index (κ3) is 3.98. The van der Waals surface area contributed by atoms with Crippen LogP contribution in [0, 0.1) is 17.5 Å². The molecule has 0 saturated carbocycles. The van der Waals surface area contributed by atoms with Crippen molar-refractivity contribution in [3.63, 3.8) is 0 Å². The molecule has 0 heterocycles. The Kier molecular flexibility index (Phi) is 5.45. The fourth-order valence-corrected chi connectivity index (χ4v) is 2.81. The second-order valence-corrected chi connectivity index (χ2v) is 6.76. The van der Waals surface area contributed by atoms with Gasteiger partial charge in [-0.25, -0.2) is 21.6 Å². The lowest BCUT2D eigenvalue weighted by Gasteiger charge is -2.14. The number of hydrogen-bond acceptors (Lipinski definition) is 4. The first kappa shape index (κ1) is 18.9. The van der Waals surface area contributed by atoms with Crippen molar-refractivity contribution in [2.24, 2.45) is 0 Å². The van der Waals surface area contributed by atoms with E-state index in [0.29, 0.717) is 16.6 Å². The first-order valence-electron chi connectivity index (χ1n) is 6.76. The number of rotatable bonds is 5. The van der Waals surface area contributed by atoms with Crippen molar-refractivity contribution < 1.29 is 31.2 Å². The summed E-state index contributed by atoms with van der Waals surface area (Å²) in [5, 5.41) is 2.08. The van der Waals surface area contributed by atoms with Crippen molar-refractivity contribution in [1.29, 1.82) is 0 Å². The predicted molar refractivity (Wildman–Crippen MR) is 82.7 cm³/mol. The average Bonchev–Trinajstić information content (AvgIpc) is 2.58. The van der Waals surface area contributed by atoms with Crippen molar-refractivity contribution in [1.82, 2.24) is 4.47 Å². The fourth-order valence-electron chi connectivity index (χ4n) is 1.84. The number of hydrogen-bond donors (Lipinski definition) is 1. The molecule has 0 aliphatic heterocycles. The van der Waals surface area contributed by atoms with Crippen LogP contribution in [0.25, 0.3) is 0 Å². The highest BCUT2D eigenvalue weighted by Crippen LogP contribution is 2.20. The molecule has 0 unspecified atom stereocenters. The molecular formula is C15H13F3N2O4S. The van der Waals surface area contributed by atoms with Gasteiger partial charge in [0.15, 0.2) is 11.6 Å². The minimum absolute atomic E-state index is 0.0110. The van der Waals surface area contributed by atoms with Gasteiger partial charge in [-0.1, -0.05) is 4.47 Å². The Bertz CT molecular complexity index is 902. The lowest BCUT2D eigenvalue weighted by Crippen LogP contribution is -2.25. The molecule has 0 fully saturated rings. The van der Waals surface area contributed by atoms with Gasteiger partial charge in [-0.3, -0.25) is 9.63 Å². The van der Waals surface area contributed by atoms with E-state index in [2.05, 4.69) is 10.2 Å². The zero-order valence-electron chi connectivity index (χ0n) is 13.1. The quantitative estimate of drug-likeness (QED) is 0.645.